The summed E-state index contributed by atoms with van der Waals surface area (Å²) in [6.07, 6.45) is 1.70. The molecule has 0 aliphatic heterocycles. The van der Waals surface area contributed by atoms with Crippen molar-refractivity contribution in [3.05, 3.63) is 60.2 Å². The van der Waals surface area contributed by atoms with Crippen LogP contribution in [-0.2, 0) is 17.8 Å². The maximum atomic E-state index is 12.0. The van der Waals surface area contributed by atoms with E-state index < -0.39 is 0 Å². The zero-order chi connectivity index (χ0) is 16.8. The number of benzene rings is 2. The molecule has 0 fully saturated rings. The van der Waals surface area contributed by atoms with Crippen LogP contribution in [0.2, 0.25) is 0 Å². The number of hydrazone groups is 1. The fraction of sp³-hybridized carbons (Fsp3) is 0.222. The molecule has 0 aliphatic rings. The monoisotopic (exact) mass is 321 g/mol. The quantitative estimate of drug-likeness (QED) is 0.560. The normalized spacial score (nSPS) is 11.6. The van der Waals surface area contributed by atoms with E-state index in [9.17, 15) is 4.79 Å². The molecule has 0 unspecified atom stereocenters. The highest BCUT2D eigenvalue weighted by molar-refractivity contribution is 5.85. The number of amides is 1. The van der Waals surface area contributed by atoms with E-state index in [1.165, 1.54) is 5.56 Å². The molecule has 1 amide bonds. The standard InChI is InChI=1S/C18H19N5O/c1-14(11-12-15-7-3-2-4-8-15)19-21-18(24)13-23-17-10-6-5-9-16(17)20-22-23/h2-10H,11-13H2,1H3,(H,21,24)/b19-14-. The molecule has 6 nitrogen and oxygen atoms in total. The molecule has 0 aliphatic carbocycles. The fourth-order valence-electron chi connectivity index (χ4n) is 2.39. The minimum absolute atomic E-state index is 0.0932. The Balaban J connectivity index is 1.53. The maximum absolute atomic E-state index is 12.0. The minimum atomic E-state index is -0.218. The zero-order valence-corrected chi connectivity index (χ0v) is 13.5. The maximum Gasteiger partial charge on any atom is 0.261 e. The van der Waals surface area contributed by atoms with Gasteiger partial charge in [0.25, 0.3) is 5.91 Å². The lowest BCUT2D eigenvalue weighted by Crippen LogP contribution is -2.24. The first-order chi connectivity index (χ1) is 11.7. The van der Waals surface area contributed by atoms with Crippen molar-refractivity contribution in [2.24, 2.45) is 5.10 Å². The van der Waals surface area contributed by atoms with E-state index in [1.54, 1.807) is 4.68 Å². The first kappa shape index (κ1) is 15.9. The molecule has 0 saturated carbocycles. The predicted molar refractivity (Wildman–Crippen MR) is 93.5 cm³/mol. The van der Waals surface area contributed by atoms with E-state index in [-0.39, 0.29) is 12.5 Å². The summed E-state index contributed by atoms with van der Waals surface area (Å²) in [6.45, 7) is 2.00. The van der Waals surface area contributed by atoms with Crippen molar-refractivity contribution < 1.29 is 4.79 Å². The van der Waals surface area contributed by atoms with Crippen molar-refractivity contribution >= 4 is 22.7 Å². The van der Waals surface area contributed by atoms with Crippen LogP contribution in [-0.4, -0.2) is 26.6 Å². The summed E-state index contributed by atoms with van der Waals surface area (Å²) in [4.78, 5) is 12.0. The summed E-state index contributed by atoms with van der Waals surface area (Å²) >= 11 is 0. The SMILES string of the molecule is C/C(CCc1ccccc1)=N/NC(=O)Cn1nnc2ccccc21. The van der Waals surface area contributed by atoms with Gasteiger partial charge >= 0.3 is 0 Å². The van der Waals surface area contributed by atoms with Crippen LogP contribution >= 0.6 is 0 Å². The van der Waals surface area contributed by atoms with Gasteiger partial charge in [0.05, 0.1) is 5.52 Å². The highest BCUT2D eigenvalue weighted by Gasteiger charge is 2.07. The molecule has 0 spiro atoms. The van der Waals surface area contributed by atoms with Gasteiger partial charge < -0.3 is 0 Å². The third-order valence-electron chi connectivity index (χ3n) is 3.70. The summed E-state index contributed by atoms with van der Waals surface area (Å²) in [5, 5.41) is 12.2. The summed E-state index contributed by atoms with van der Waals surface area (Å²) < 4.78 is 1.57. The Morgan fingerprint density at radius 1 is 1.12 bits per heavy atom. The van der Waals surface area contributed by atoms with Crippen molar-refractivity contribution in [3.63, 3.8) is 0 Å². The number of hydrogen-bond donors (Lipinski definition) is 1. The molecule has 2 aromatic carbocycles. The highest BCUT2D eigenvalue weighted by Crippen LogP contribution is 2.09. The lowest BCUT2D eigenvalue weighted by Gasteiger charge is -2.04. The molecule has 24 heavy (non-hydrogen) atoms. The predicted octanol–water partition coefficient (Wildman–Crippen LogP) is 2.56. The van der Waals surface area contributed by atoms with E-state index in [4.69, 9.17) is 0 Å². The average molecular weight is 321 g/mol. The Labute approximate surface area is 140 Å². The molecule has 122 valence electrons. The smallest absolute Gasteiger partial charge is 0.261 e. The van der Waals surface area contributed by atoms with Crippen LogP contribution in [0.15, 0.2) is 59.7 Å². The van der Waals surface area contributed by atoms with Gasteiger partial charge in [-0.25, -0.2) is 10.1 Å². The third kappa shape index (κ3) is 4.04. The molecule has 1 heterocycles. The molecular formula is C18H19N5O. The number of fused-ring (bicyclic) bond motifs is 1. The van der Waals surface area contributed by atoms with Gasteiger partial charge in [-0.05, 0) is 37.5 Å². The van der Waals surface area contributed by atoms with Gasteiger partial charge in [-0.15, -0.1) is 5.10 Å². The molecule has 3 rings (SSSR count). The van der Waals surface area contributed by atoms with Crippen LogP contribution in [0.5, 0.6) is 0 Å². The van der Waals surface area contributed by atoms with Crippen molar-refractivity contribution in [1.29, 1.82) is 0 Å². The zero-order valence-electron chi connectivity index (χ0n) is 13.5. The number of carbonyl (C=O) groups is 1. The van der Waals surface area contributed by atoms with Gasteiger partial charge in [-0.3, -0.25) is 4.79 Å². The summed E-state index contributed by atoms with van der Waals surface area (Å²) in [6, 6.07) is 17.7. The van der Waals surface area contributed by atoms with Gasteiger partial charge in [0.15, 0.2) is 0 Å². The Hall–Kier alpha value is -3.02. The van der Waals surface area contributed by atoms with Crippen LogP contribution in [0.3, 0.4) is 0 Å². The van der Waals surface area contributed by atoms with Crippen molar-refractivity contribution in [3.8, 4) is 0 Å². The Morgan fingerprint density at radius 3 is 2.71 bits per heavy atom. The number of nitrogens with zero attached hydrogens (tertiary/aromatic N) is 4. The molecule has 6 heteroatoms. The molecule has 3 aromatic rings. The molecule has 1 aromatic heterocycles. The Bertz CT molecular complexity index is 854. The van der Waals surface area contributed by atoms with Crippen molar-refractivity contribution in [1.82, 2.24) is 20.4 Å². The van der Waals surface area contributed by atoms with Crippen molar-refractivity contribution in [2.75, 3.05) is 0 Å². The lowest BCUT2D eigenvalue weighted by molar-refractivity contribution is -0.121. The second kappa shape index (κ2) is 7.50. The number of aromatic nitrogens is 3. The van der Waals surface area contributed by atoms with Gasteiger partial charge in [0.1, 0.15) is 12.1 Å². The topological polar surface area (TPSA) is 72.2 Å². The molecular weight excluding hydrogens is 302 g/mol. The van der Waals surface area contributed by atoms with Crippen LogP contribution in [0.25, 0.3) is 11.0 Å². The second-order valence-electron chi connectivity index (χ2n) is 5.60. The Kier molecular flexibility index (Phi) is 4.96. The van der Waals surface area contributed by atoms with Gasteiger partial charge in [-0.1, -0.05) is 47.7 Å². The highest BCUT2D eigenvalue weighted by atomic mass is 16.2. The fourth-order valence-corrected chi connectivity index (χ4v) is 2.39. The van der Waals surface area contributed by atoms with Gasteiger partial charge in [0, 0.05) is 5.71 Å². The number of hydrogen-bond acceptors (Lipinski definition) is 4. The first-order valence-corrected chi connectivity index (χ1v) is 7.86. The summed E-state index contributed by atoms with van der Waals surface area (Å²) in [7, 11) is 0. The van der Waals surface area contributed by atoms with Crippen LogP contribution in [0, 0.1) is 0 Å². The largest absolute Gasteiger partial charge is 0.271 e. The van der Waals surface area contributed by atoms with Crippen LogP contribution in [0.4, 0.5) is 0 Å². The molecule has 0 bridgehead atoms. The van der Waals surface area contributed by atoms with Crippen molar-refractivity contribution in [2.45, 2.75) is 26.3 Å². The minimum Gasteiger partial charge on any atom is -0.271 e. The summed E-state index contributed by atoms with van der Waals surface area (Å²) in [5.74, 6) is -0.218. The van der Waals surface area contributed by atoms with Crippen LogP contribution < -0.4 is 5.43 Å². The number of carbonyl (C=O) groups excluding carboxylic acids is 1. The molecule has 0 saturated heterocycles. The van der Waals surface area contributed by atoms with E-state index in [0.717, 1.165) is 29.6 Å². The second-order valence-corrected chi connectivity index (χ2v) is 5.60. The Morgan fingerprint density at radius 2 is 1.88 bits per heavy atom. The number of nitrogens with one attached hydrogen (secondary N) is 1. The van der Waals surface area contributed by atoms with Gasteiger partial charge in [0.2, 0.25) is 0 Å². The van der Waals surface area contributed by atoms with E-state index in [0.29, 0.717) is 0 Å². The summed E-state index contributed by atoms with van der Waals surface area (Å²) in [5.41, 5.74) is 6.33. The lowest BCUT2D eigenvalue weighted by atomic mass is 10.1. The third-order valence-corrected chi connectivity index (χ3v) is 3.70. The van der Waals surface area contributed by atoms with Gasteiger partial charge in [-0.2, -0.15) is 5.10 Å². The average Bonchev–Trinajstić information content (AvgIpc) is 3.02. The first-order valence-electron chi connectivity index (χ1n) is 7.86. The number of para-hydroxylation sites is 1. The van der Waals surface area contributed by atoms with E-state index in [1.807, 2.05) is 49.4 Å². The number of rotatable bonds is 6. The number of aryl methyl sites for hydroxylation is 1. The molecule has 0 radical (unpaired) electrons. The van der Waals surface area contributed by atoms with Crippen LogP contribution in [0.1, 0.15) is 18.9 Å². The van der Waals surface area contributed by atoms with E-state index in [2.05, 4.69) is 33.0 Å². The molecule has 0 atom stereocenters. The molecule has 1 N–H and O–H groups in total. The van der Waals surface area contributed by atoms with E-state index >= 15 is 0 Å².